The molecule has 0 amide bonds. The van der Waals surface area contributed by atoms with Crippen molar-refractivity contribution in [3.05, 3.63) is 60.3 Å². The number of nitrogens with zero attached hydrogens (tertiary/aromatic N) is 4. The lowest BCUT2D eigenvalue weighted by Gasteiger charge is -2.44. The average Bonchev–Trinajstić information content (AvgIpc) is 3.25. The van der Waals surface area contributed by atoms with Crippen LogP contribution in [0.1, 0.15) is 24.4 Å². The van der Waals surface area contributed by atoms with E-state index in [2.05, 4.69) is 62.5 Å². The second-order valence-corrected chi connectivity index (χ2v) is 7.73. The number of aliphatic hydroxyl groups excluding tert-OH is 1. The van der Waals surface area contributed by atoms with Crippen LogP contribution in [0.15, 0.2) is 54.7 Å². The Morgan fingerprint density at radius 2 is 1.74 bits per heavy atom. The Morgan fingerprint density at radius 3 is 2.44 bits per heavy atom. The zero-order chi connectivity index (χ0) is 18.2. The summed E-state index contributed by atoms with van der Waals surface area (Å²) in [6.45, 7) is 3.65. The lowest BCUT2D eigenvalue weighted by molar-refractivity contribution is 0.0504. The third-order valence-corrected chi connectivity index (χ3v) is 6.10. The largest absolute Gasteiger partial charge is 0.392 e. The van der Waals surface area contributed by atoms with Gasteiger partial charge in [-0.25, -0.2) is 4.68 Å². The third-order valence-electron chi connectivity index (χ3n) is 6.10. The molecule has 5 heteroatoms. The summed E-state index contributed by atoms with van der Waals surface area (Å²) in [5.74, 6) is 0.737. The summed E-state index contributed by atoms with van der Waals surface area (Å²) in [6.07, 6.45) is 4.67. The maximum atomic E-state index is 9.22. The Morgan fingerprint density at radius 1 is 0.963 bits per heavy atom. The fourth-order valence-electron chi connectivity index (χ4n) is 4.47. The van der Waals surface area contributed by atoms with Gasteiger partial charge in [-0.2, -0.15) is 0 Å². The topological polar surface area (TPSA) is 54.2 Å². The highest BCUT2D eigenvalue weighted by Gasteiger charge is 2.35. The van der Waals surface area contributed by atoms with Crippen molar-refractivity contribution in [2.24, 2.45) is 5.92 Å². The number of rotatable bonds is 4. The van der Waals surface area contributed by atoms with E-state index >= 15 is 0 Å². The van der Waals surface area contributed by atoms with Crippen molar-refractivity contribution < 1.29 is 5.11 Å². The Balaban J connectivity index is 1.41. The normalized spacial score (nSPS) is 24.3. The molecule has 5 nitrogen and oxygen atoms in total. The quantitative estimate of drug-likeness (QED) is 0.775. The molecule has 1 atom stereocenters. The third kappa shape index (κ3) is 3.17. The summed E-state index contributed by atoms with van der Waals surface area (Å²) in [5, 5.41) is 18.2. The minimum absolute atomic E-state index is 0.0724. The minimum atomic E-state index is 0.0724. The van der Waals surface area contributed by atoms with Crippen LogP contribution in [0, 0.1) is 5.92 Å². The van der Waals surface area contributed by atoms with Crippen LogP contribution in [-0.2, 0) is 6.61 Å². The van der Waals surface area contributed by atoms with Gasteiger partial charge in [-0.3, -0.25) is 0 Å². The van der Waals surface area contributed by atoms with E-state index in [9.17, 15) is 5.11 Å². The minimum Gasteiger partial charge on any atom is -0.392 e. The first-order chi connectivity index (χ1) is 13.3. The first-order valence-corrected chi connectivity index (χ1v) is 9.75. The Labute approximate surface area is 159 Å². The summed E-state index contributed by atoms with van der Waals surface area (Å²) in [7, 11) is 0. The monoisotopic (exact) mass is 360 g/mol. The van der Waals surface area contributed by atoms with Crippen LogP contribution in [0.25, 0.3) is 22.4 Å². The number of benzene rings is 2. The van der Waals surface area contributed by atoms with Gasteiger partial charge >= 0.3 is 0 Å². The molecule has 3 aromatic rings. The second-order valence-electron chi connectivity index (χ2n) is 7.73. The summed E-state index contributed by atoms with van der Waals surface area (Å²) in [5.41, 5.74) is 5.23. The van der Waals surface area contributed by atoms with E-state index in [4.69, 9.17) is 0 Å². The van der Waals surface area contributed by atoms with Crippen LogP contribution in [0.3, 0.4) is 0 Å². The fourth-order valence-corrected chi connectivity index (χ4v) is 4.47. The molecule has 3 aliphatic rings. The van der Waals surface area contributed by atoms with Crippen molar-refractivity contribution in [2.75, 3.05) is 19.6 Å². The zero-order valence-electron chi connectivity index (χ0n) is 15.3. The number of aliphatic hydroxyl groups is 1. The van der Waals surface area contributed by atoms with Crippen LogP contribution >= 0.6 is 0 Å². The molecular weight excluding hydrogens is 336 g/mol. The van der Waals surface area contributed by atoms with E-state index in [1.165, 1.54) is 25.9 Å². The zero-order valence-corrected chi connectivity index (χ0v) is 15.3. The van der Waals surface area contributed by atoms with Gasteiger partial charge in [-0.05, 0) is 54.6 Å². The molecule has 1 N–H and O–H groups in total. The van der Waals surface area contributed by atoms with Gasteiger partial charge in [-0.1, -0.05) is 47.7 Å². The van der Waals surface area contributed by atoms with Crippen molar-refractivity contribution in [1.82, 2.24) is 19.9 Å². The smallest absolute Gasteiger partial charge is 0.113 e. The van der Waals surface area contributed by atoms with Crippen molar-refractivity contribution >= 4 is 0 Å². The summed E-state index contributed by atoms with van der Waals surface area (Å²) in [4.78, 5) is 2.54. The molecule has 0 radical (unpaired) electrons. The molecule has 2 aromatic carbocycles. The molecule has 0 aliphatic carbocycles. The second kappa shape index (κ2) is 6.91. The highest BCUT2D eigenvalue weighted by atomic mass is 16.3. The molecule has 1 unspecified atom stereocenters. The van der Waals surface area contributed by atoms with Gasteiger partial charge in [-0.15, -0.1) is 5.10 Å². The SMILES string of the molecule is OCc1ccc(-c2cccc(-c3cn(C4CN5CCC4CC5)nn3)c2)cc1. The van der Waals surface area contributed by atoms with Gasteiger partial charge in [0.15, 0.2) is 0 Å². The van der Waals surface area contributed by atoms with E-state index in [1.54, 1.807) is 0 Å². The van der Waals surface area contributed by atoms with Crippen molar-refractivity contribution in [3.63, 3.8) is 0 Å². The van der Waals surface area contributed by atoms with Gasteiger partial charge in [0.1, 0.15) is 5.69 Å². The van der Waals surface area contributed by atoms with Gasteiger partial charge < -0.3 is 10.0 Å². The van der Waals surface area contributed by atoms with E-state index in [-0.39, 0.29) is 6.61 Å². The molecular formula is C22H24N4O. The number of fused-ring (bicyclic) bond motifs is 3. The predicted molar refractivity (Wildman–Crippen MR) is 105 cm³/mol. The van der Waals surface area contributed by atoms with Crippen molar-refractivity contribution in [3.8, 4) is 22.4 Å². The van der Waals surface area contributed by atoms with Crippen LogP contribution in [0.5, 0.6) is 0 Å². The average molecular weight is 360 g/mol. The molecule has 27 heavy (non-hydrogen) atoms. The molecule has 0 spiro atoms. The van der Waals surface area contributed by atoms with Gasteiger partial charge in [0, 0.05) is 12.1 Å². The molecule has 6 rings (SSSR count). The van der Waals surface area contributed by atoms with Gasteiger partial charge in [0.2, 0.25) is 0 Å². The summed E-state index contributed by atoms with van der Waals surface area (Å²) in [6, 6.07) is 16.9. The van der Waals surface area contributed by atoms with E-state index in [0.717, 1.165) is 40.4 Å². The maximum Gasteiger partial charge on any atom is 0.113 e. The lowest BCUT2D eigenvalue weighted by Crippen LogP contribution is -2.48. The Kier molecular flexibility index (Phi) is 4.26. The van der Waals surface area contributed by atoms with E-state index in [0.29, 0.717) is 6.04 Å². The maximum absolute atomic E-state index is 9.22. The van der Waals surface area contributed by atoms with Crippen LogP contribution in [0.4, 0.5) is 0 Å². The van der Waals surface area contributed by atoms with Crippen LogP contribution in [0.2, 0.25) is 0 Å². The molecule has 3 saturated heterocycles. The van der Waals surface area contributed by atoms with Gasteiger partial charge in [0.05, 0.1) is 18.8 Å². The molecule has 1 aromatic heterocycles. The Bertz CT molecular complexity index is 925. The standard InChI is InChI=1S/C22H24N4O/c27-15-16-4-6-17(7-5-16)19-2-1-3-20(12-19)21-13-26(24-23-21)22-14-25-10-8-18(22)9-11-25/h1-7,12-13,18,22,27H,8-11,14-15H2. The van der Waals surface area contributed by atoms with Crippen molar-refractivity contribution in [2.45, 2.75) is 25.5 Å². The first-order valence-electron chi connectivity index (χ1n) is 9.75. The predicted octanol–water partition coefficient (Wildman–Crippen LogP) is 3.37. The van der Waals surface area contributed by atoms with Gasteiger partial charge in [0.25, 0.3) is 0 Å². The van der Waals surface area contributed by atoms with Crippen LogP contribution in [-0.4, -0.2) is 44.6 Å². The molecule has 0 saturated carbocycles. The van der Waals surface area contributed by atoms with E-state index in [1.807, 2.05) is 12.1 Å². The number of hydrogen-bond acceptors (Lipinski definition) is 4. The summed E-state index contributed by atoms with van der Waals surface area (Å²) >= 11 is 0. The number of aromatic nitrogens is 3. The highest BCUT2D eigenvalue weighted by molar-refractivity contribution is 5.71. The molecule has 2 bridgehead atoms. The molecule has 138 valence electrons. The number of piperidine rings is 3. The Hall–Kier alpha value is -2.50. The molecule has 3 aliphatic heterocycles. The fraction of sp³-hybridized carbons (Fsp3) is 0.364. The molecule has 4 heterocycles. The highest BCUT2D eigenvalue weighted by Crippen LogP contribution is 2.35. The van der Waals surface area contributed by atoms with Crippen LogP contribution < -0.4 is 0 Å². The van der Waals surface area contributed by atoms with Crippen molar-refractivity contribution in [1.29, 1.82) is 0 Å². The first kappa shape index (κ1) is 16.7. The van der Waals surface area contributed by atoms with E-state index < -0.39 is 0 Å². The summed E-state index contributed by atoms with van der Waals surface area (Å²) < 4.78 is 2.09. The number of hydrogen-bond donors (Lipinski definition) is 1. The molecule has 3 fully saturated rings. The lowest BCUT2D eigenvalue weighted by atomic mass is 9.84.